The topological polar surface area (TPSA) is 93.4 Å². The van der Waals surface area contributed by atoms with Gasteiger partial charge in [-0.15, -0.1) is 0 Å². The van der Waals surface area contributed by atoms with Crippen LogP contribution in [0, 0.1) is 0 Å². The van der Waals surface area contributed by atoms with Gasteiger partial charge in [0.25, 0.3) is 5.56 Å². The second-order valence-corrected chi connectivity index (χ2v) is 9.46. The molecule has 0 bridgehead atoms. The third-order valence-corrected chi connectivity index (χ3v) is 6.81. The molecule has 1 aromatic heterocycles. The molecule has 1 atom stereocenters. The molecule has 9 heteroatoms. The predicted octanol–water partition coefficient (Wildman–Crippen LogP) is 2.97. The molecule has 0 amide bonds. The third kappa shape index (κ3) is 4.79. The van der Waals surface area contributed by atoms with Gasteiger partial charge in [-0.25, -0.2) is 9.79 Å². The Morgan fingerprint density at radius 3 is 2.53 bits per heavy atom. The van der Waals surface area contributed by atoms with Crippen molar-refractivity contribution in [2.75, 3.05) is 32.2 Å². The van der Waals surface area contributed by atoms with E-state index >= 15 is 0 Å². The van der Waals surface area contributed by atoms with Crippen LogP contribution in [-0.2, 0) is 9.53 Å². The monoisotopic (exact) mass is 507 g/mol. The highest BCUT2D eigenvalue weighted by atomic mass is 32.1. The van der Waals surface area contributed by atoms with Crippen LogP contribution >= 0.6 is 11.3 Å². The van der Waals surface area contributed by atoms with Crippen LogP contribution in [0.3, 0.4) is 0 Å². The fourth-order valence-corrected chi connectivity index (χ4v) is 5.15. The maximum atomic E-state index is 13.7. The molecule has 0 unspecified atom stereocenters. The Balaban J connectivity index is 1.90. The summed E-state index contributed by atoms with van der Waals surface area (Å²) in [5, 5.41) is 10.0. The van der Waals surface area contributed by atoms with Crippen LogP contribution in [0.4, 0.5) is 5.69 Å². The number of phenolic OH excluding ortho intramolecular Hbond substituents is 1. The summed E-state index contributed by atoms with van der Waals surface area (Å²) in [6.45, 7) is 5.96. The van der Waals surface area contributed by atoms with Gasteiger partial charge in [0.1, 0.15) is 0 Å². The van der Waals surface area contributed by atoms with Crippen LogP contribution in [0.1, 0.15) is 37.9 Å². The Morgan fingerprint density at radius 1 is 1.17 bits per heavy atom. The summed E-state index contributed by atoms with van der Waals surface area (Å²) in [7, 11) is 3.90. The maximum absolute atomic E-state index is 13.7. The SMILES string of the molecule is CCOC(=O)C1=C(C)N=c2sc(=Cc3ccc(O)c(OCC)c3)c(=O)n2[C@@H]1c1ccc(N(C)C)cc1. The molecular formula is C27H29N3O5S. The van der Waals surface area contributed by atoms with Crippen molar-refractivity contribution in [1.82, 2.24) is 4.57 Å². The molecule has 2 heterocycles. The van der Waals surface area contributed by atoms with Gasteiger partial charge in [0.15, 0.2) is 16.3 Å². The summed E-state index contributed by atoms with van der Waals surface area (Å²) in [5.41, 5.74) is 3.09. The summed E-state index contributed by atoms with van der Waals surface area (Å²) >= 11 is 1.25. The molecule has 1 aliphatic rings. The fourth-order valence-electron chi connectivity index (χ4n) is 4.10. The van der Waals surface area contributed by atoms with Gasteiger partial charge in [0.05, 0.1) is 35.1 Å². The first-order valence-corrected chi connectivity index (χ1v) is 12.5. The largest absolute Gasteiger partial charge is 0.504 e. The van der Waals surface area contributed by atoms with Gasteiger partial charge in [0.2, 0.25) is 0 Å². The highest BCUT2D eigenvalue weighted by molar-refractivity contribution is 7.07. The fraction of sp³-hybridized carbons (Fsp3) is 0.296. The van der Waals surface area contributed by atoms with Crippen LogP contribution in [0.25, 0.3) is 6.08 Å². The number of ether oxygens (including phenoxy) is 2. The van der Waals surface area contributed by atoms with Crippen molar-refractivity contribution in [3.05, 3.63) is 84.5 Å². The van der Waals surface area contributed by atoms with Crippen molar-refractivity contribution < 1.29 is 19.4 Å². The standard InChI is InChI=1S/C27H29N3O5S/c1-6-34-21-14-17(8-13-20(21)31)15-22-25(32)30-24(18-9-11-19(12-10-18)29(4)5)23(26(33)35-7-2)16(3)28-27(30)36-22/h8-15,24,31H,6-7H2,1-5H3/t24-/m1/s1. The zero-order chi connectivity index (χ0) is 26.0. The Morgan fingerprint density at radius 2 is 1.89 bits per heavy atom. The van der Waals surface area contributed by atoms with Gasteiger partial charge >= 0.3 is 5.97 Å². The van der Waals surface area contributed by atoms with E-state index < -0.39 is 12.0 Å². The van der Waals surface area contributed by atoms with E-state index in [0.29, 0.717) is 38.5 Å². The van der Waals surface area contributed by atoms with Gasteiger partial charge in [-0.05, 0) is 62.2 Å². The lowest BCUT2D eigenvalue weighted by atomic mass is 9.95. The van der Waals surface area contributed by atoms with Crippen LogP contribution in [-0.4, -0.2) is 43.0 Å². The number of phenols is 1. The highest BCUT2D eigenvalue weighted by Gasteiger charge is 2.33. The van der Waals surface area contributed by atoms with Crippen molar-refractivity contribution in [2.45, 2.75) is 26.8 Å². The van der Waals surface area contributed by atoms with Crippen molar-refractivity contribution >= 4 is 29.1 Å². The van der Waals surface area contributed by atoms with E-state index in [1.165, 1.54) is 17.4 Å². The number of hydrogen-bond acceptors (Lipinski definition) is 8. The lowest BCUT2D eigenvalue weighted by Crippen LogP contribution is -2.39. The van der Waals surface area contributed by atoms with Gasteiger partial charge in [-0.1, -0.05) is 29.5 Å². The molecule has 1 aliphatic heterocycles. The number of carbonyl (C=O) groups excluding carboxylic acids is 1. The Hall–Kier alpha value is -3.85. The van der Waals surface area contributed by atoms with E-state index in [2.05, 4.69) is 4.99 Å². The number of thiazole rings is 1. The number of aromatic nitrogens is 1. The van der Waals surface area contributed by atoms with E-state index in [0.717, 1.165) is 11.3 Å². The van der Waals surface area contributed by atoms with Gasteiger partial charge in [-0.3, -0.25) is 9.36 Å². The average molecular weight is 508 g/mol. The van der Waals surface area contributed by atoms with Crippen LogP contribution in [0.2, 0.25) is 0 Å². The molecular weight excluding hydrogens is 478 g/mol. The number of carbonyl (C=O) groups is 1. The van der Waals surface area contributed by atoms with Crippen molar-refractivity contribution in [3.63, 3.8) is 0 Å². The minimum atomic E-state index is -0.669. The zero-order valence-electron chi connectivity index (χ0n) is 20.9. The third-order valence-electron chi connectivity index (χ3n) is 5.82. The number of fused-ring (bicyclic) bond motifs is 1. The van der Waals surface area contributed by atoms with E-state index in [1.807, 2.05) is 50.2 Å². The van der Waals surface area contributed by atoms with Crippen LogP contribution < -0.4 is 24.5 Å². The first kappa shape index (κ1) is 25.2. The second kappa shape index (κ2) is 10.4. The zero-order valence-corrected chi connectivity index (χ0v) is 21.8. The minimum absolute atomic E-state index is 0.0336. The van der Waals surface area contributed by atoms with Crippen molar-refractivity contribution in [3.8, 4) is 11.5 Å². The molecule has 0 aliphatic carbocycles. The molecule has 2 aromatic carbocycles. The van der Waals surface area contributed by atoms with Gasteiger partial charge in [0, 0.05) is 19.8 Å². The normalized spacial score (nSPS) is 15.4. The summed E-state index contributed by atoms with van der Waals surface area (Å²) in [6.07, 6.45) is 1.74. The highest BCUT2D eigenvalue weighted by Crippen LogP contribution is 2.32. The molecule has 4 rings (SSSR count). The van der Waals surface area contributed by atoms with E-state index in [-0.39, 0.29) is 17.9 Å². The lowest BCUT2D eigenvalue weighted by Gasteiger charge is -2.25. The number of esters is 1. The van der Waals surface area contributed by atoms with E-state index in [9.17, 15) is 14.7 Å². The quantitative estimate of drug-likeness (QED) is 0.495. The first-order valence-electron chi connectivity index (χ1n) is 11.7. The number of hydrogen-bond donors (Lipinski definition) is 1. The Kier molecular flexibility index (Phi) is 7.30. The second-order valence-electron chi connectivity index (χ2n) is 8.45. The average Bonchev–Trinajstić information content (AvgIpc) is 3.15. The molecule has 0 saturated carbocycles. The summed E-state index contributed by atoms with van der Waals surface area (Å²) < 4.78 is 12.8. The molecule has 1 N–H and O–H groups in total. The molecule has 0 saturated heterocycles. The van der Waals surface area contributed by atoms with Crippen molar-refractivity contribution in [1.29, 1.82) is 0 Å². The number of anilines is 1. The number of nitrogens with zero attached hydrogens (tertiary/aromatic N) is 3. The minimum Gasteiger partial charge on any atom is -0.504 e. The summed E-state index contributed by atoms with van der Waals surface area (Å²) in [6, 6.07) is 12.0. The summed E-state index contributed by atoms with van der Waals surface area (Å²) in [5.74, 6) is -0.112. The molecule has 188 valence electrons. The first-order chi connectivity index (χ1) is 17.2. The molecule has 0 fully saturated rings. The molecule has 3 aromatic rings. The van der Waals surface area contributed by atoms with Crippen LogP contribution in [0.5, 0.6) is 11.5 Å². The molecule has 0 spiro atoms. The van der Waals surface area contributed by atoms with Crippen LogP contribution in [0.15, 0.2) is 63.5 Å². The van der Waals surface area contributed by atoms with E-state index in [4.69, 9.17) is 9.47 Å². The number of allylic oxidation sites excluding steroid dienone is 1. The summed E-state index contributed by atoms with van der Waals surface area (Å²) in [4.78, 5) is 33.8. The number of benzene rings is 2. The Labute approximate surface area is 213 Å². The molecule has 36 heavy (non-hydrogen) atoms. The maximum Gasteiger partial charge on any atom is 0.338 e. The molecule has 8 nitrogen and oxygen atoms in total. The van der Waals surface area contributed by atoms with Crippen molar-refractivity contribution in [2.24, 2.45) is 4.99 Å². The number of aromatic hydroxyl groups is 1. The smallest absolute Gasteiger partial charge is 0.338 e. The van der Waals surface area contributed by atoms with Gasteiger partial charge in [-0.2, -0.15) is 0 Å². The Bertz CT molecular complexity index is 1500. The lowest BCUT2D eigenvalue weighted by molar-refractivity contribution is -0.139. The van der Waals surface area contributed by atoms with E-state index in [1.54, 1.807) is 36.6 Å². The predicted molar refractivity (Wildman–Crippen MR) is 140 cm³/mol. The number of rotatable bonds is 7. The van der Waals surface area contributed by atoms with Gasteiger partial charge < -0.3 is 19.5 Å². The molecule has 0 radical (unpaired) electrons.